The quantitative estimate of drug-likeness (QED) is 0.830. The minimum Gasteiger partial charge on any atom is -0.489 e. The molecule has 0 atom stereocenters. The number of halogens is 2. The van der Waals surface area contributed by atoms with Gasteiger partial charge in [-0.15, -0.1) is 0 Å². The normalized spacial score (nSPS) is 15.1. The van der Waals surface area contributed by atoms with E-state index in [2.05, 4.69) is 4.98 Å². The maximum atomic E-state index is 12.7. The second kappa shape index (κ2) is 7.55. The van der Waals surface area contributed by atoms with E-state index in [1.54, 1.807) is 23.1 Å². The van der Waals surface area contributed by atoms with Crippen LogP contribution in [0.3, 0.4) is 0 Å². The lowest BCUT2D eigenvalue weighted by Crippen LogP contribution is -2.40. The van der Waals surface area contributed by atoms with Gasteiger partial charge in [-0.25, -0.2) is 4.79 Å². The predicted molar refractivity (Wildman–Crippen MR) is 98.6 cm³/mol. The Balaban J connectivity index is 1.80. The Kier molecular flexibility index (Phi) is 5.38. The number of rotatable bonds is 3. The number of aromatic nitrogens is 2. The van der Waals surface area contributed by atoms with Crippen molar-refractivity contribution in [3.05, 3.63) is 60.3 Å². The summed E-state index contributed by atoms with van der Waals surface area (Å²) in [7, 11) is 1.27. The zero-order valence-electron chi connectivity index (χ0n) is 14.0. The number of nitrogens with zero attached hydrogens (tertiary/aromatic N) is 1. The molecule has 0 aliphatic carbocycles. The predicted octanol–water partition coefficient (Wildman–Crippen LogP) is 2.40. The highest BCUT2D eigenvalue weighted by Gasteiger charge is 2.29. The molecule has 2 heterocycles. The number of H-pyrrole nitrogens is 2. The van der Waals surface area contributed by atoms with Gasteiger partial charge in [-0.3, -0.25) is 19.6 Å². The van der Waals surface area contributed by atoms with Gasteiger partial charge in [0.15, 0.2) is 5.69 Å². The Hall–Kier alpha value is -2.25. The van der Waals surface area contributed by atoms with Gasteiger partial charge in [0.05, 0.1) is 7.11 Å². The summed E-state index contributed by atoms with van der Waals surface area (Å²) in [4.78, 5) is 42.0. The lowest BCUT2D eigenvalue weighted by atomic mass is 9.89. The summed E-state index contributed by atoms with van der Waals surface area (Å²) in [6.07, 6.45) is 1.34. The molecule has 3 rings (SSSR count). The van der Waals surface area contributed by atoms with Crippen molar-refractivity contribution in [3.8, 4) is 5.75 Å². The molecular weight excluding hydrogens is 381 g/mol. The fourth-order valence-corrected chi connectivity index (χ4v) is 3.96. The third-order valence-corrected chi connectivity index (χ3v) is 5.17. The van der Waals surface area contributed by atoms with Crippen molar-refractivity contribution in [1.29, 1.82) is 0 Å². The Morgan fingerprint density at radius 1 is 1.15 bits per heavy atom. The van der Waals surface area contributed by atoms with Gasteiger partial charge in [-0.1, -0.05) is 29.3 Å². The molecule has 0 radical (unpaired) electrons. The van der Waals surface area contributed by atoms with Crippen LogP contribution < -0.4 is 16.0 Å². The first kappa shape index (κ1) is 18.5. The molecule has 7 nitrogen and oxygen atoms in total. The topological polar surface area (TPSA) is 95.3 Å². The van der Waals surface area contributed by atoms with Crippen molar-refractivity contribution in [2.75, 3.05) is 20.2 Å². The van der Waals surface area contributed by atoms with Crippen LogP contribution in [-0.2, 0) is 0 Å². The molecular formula is C17H17Cl2N3O4. The van der Waals surface area contributed by atoms with Crippen LogP contribution in [0.25, 0.3) is 0 Å². The van der Waals surface area contributed by atoms with Crippen molar-refractivity contribution < 1.29 is 9.53 Å². The van der Waals surface area contributed by atoms with Crippen LogP contribution in [0.1, 0.15) is 34.8 Å². The highest BCUT2D eigenvalue weighted by Crippen LogP contribution is 2.37. The molecule has 0 unspecified atom stereocenters. The van der Waals surface area contributed by atoms with Crippen LogP contribution in [-0.4, -0.2) is 41.0 Å². The number of nitrogens with one attached hydrogen (secondary N) is 2. The van der Waals surface area contributed by atoms with E-state index >= 15 is 0 Å². The molecule has 138 valence electrons. The van der Waals surface area contributed by atoms with E-state index < -0.39 is 17.2 Å². The molecule has 26 heavy (non-hydrogen) atoms. The summed E-state index contributed by atoms with van der Waals surface area (Å²) in [5.41, 5.74) is -0.741. The molecule has 0 spiro atoms. The molecule has 1 aromatic heterocycles. The summed E-state index contributed by atoms with van der Waals surface area (Å²) >= 11 is 12.5. The molecule has 1 aliphatic rings. The van der Waals surface area contributed by atoms with E-state index in [1.165, 1.54) is 7.11 Å². The zero-order valence-corrected chi connectivity index (χ0v) is 15.5. The number of hydrogen-bond donors (Lipinski definition) is 2. The largest absolute Gasteiger partial charge is 0.489 e. The molecule has 1 saturated heterocycles. The number of ether oxygens (including phenoxy) is 1. The summed E-state index contributed by atoms with van der Waals surface area (Å²) in [5.74, 6) is -0.514. The zero-order chi connectivity index (χ0) is 18.8. The fraction of sp³-hybridized carbons (Fsp3) is 0.353. The van der Waals surface area contributed by atoms with E-state index in [0.29, 0.717) is 36.0 Å². The van der Waals surface area contributed by atoms with E-state index in [9.17, 15) is 14.4 Å². The van der Waals surface area contributed by atoms with Crippen molar-refractivity contribution in [2.24, 2.45) is 0 Å². The van der Waals surface area contributed by atoms with Crippen LogP contribution in [0.4, 0.5) is 0 Å². The Morgan fingerprint density at radius 3 is 2.35 bits per heavy atom. The van der Waals surface area contributed by atoms with Crippen LogP contribution in [0.5, 0.6) is 5.75 Å². The molecule has 0 saturated carbocycles. The van der Waals surface area contributed by atoms with E-state index in [1.807, 2.05) is 4.98 Å². The number of amides is 1. The van der Waals surface area contributed by atoms with Gasteiger partial charge in [0.1, 0.15) is 0 Å². The Bertz CT molecular complexity index is 926. The summed E-state index contributed by atoms with van der Waals surface area (Å²) < 4.78 is 4.97. The van der Waals surface area contributed by atoms with Crippen LogP contribution in [0.15, 0.2) is 27.8 Å². The average Bonchev–Trinajstić information content (AvgIpc) is 2.61. The lowest BCUT2D eigenvalue weighted by molar-refractivity contribution is 0.0702. The van der Waals surface area contributed by atoms with Crippen LogP contribution >= 0.6 is 23.2 Å². The SMILES string of the molecule is COc1c(C(=O)N2CCC(c3c(Cl)cccc3Cl)CC2)[nH]c(=O)[nH]c1=O. The maximum Gasteiger partial charge on any atom is 0.326 e. The number of benzene rings is 1. The Labute approximate surface area is 158 Å². The number of methoxy groups -OCH3 is 1. The molecule has 2 N–H and O–H groups in total. The molecule has 1 aliphatic heterocycles. The fourth-order valence-electron chi connectivity index (χ4n) is 3.25. The third kappa shape index (κ3) is 3.50. The minimum atomic E-state index is -0.753. The second-order valence-corrected chi connectivity index (χ2v) is 6.83. The lowest BCUT2D eigenvalue weighted by Gasteiger charge is -2.33. The van der Waals surface area contributed by atoms with E-state index in [0.717, 1.165) is 5.56 Å². The first-order chi connectivity index (χ1) is 12.4. The average molecular weight is 398 g/mol. The van der Waals surface area contributed by atoms with Crippen LogP contribution in [0.2, 0.25) is 10.0 Å². The number of carbonyl (C=O) groups is 1. The van der Waals surface area contributed by atoms with Crippen LogP contribution in [0, 0.1) is 0 Å². The highest BCUT2D eigenvalue weighted by atomic mass is 35.5. The van der Waals surface area contributed by atoms with Gasteiger partial charge in [0.25, 0.3) is 11.5 Å². The van der Waals surface area contributed by atoms with Gasteiger partial charge in [0.2, 0.25) is 5.75 Å². The monoisotopic (exact) mass is 397 g/mol. The first-order valence-electron chi connectivity index (χ1n) is 8.06. The van der Waals surface area contributed by atoms with Gasteiger partial charge in [-0.2, -0.15) is 0 Å². The standard InChI is InChI=1S/C17H17Cl2N3O4/c1-26-14-13(20-17(25)21-15(14)23)16(24)22-7-5-9(6-8-22)12-10(18)3-2-4-11(12)19/h2-4,9H,5-8H2,1H3,(H2,20,21,23,25). The third-order valence-electron chi connectivity index (χ3n) is 4.51. The summed E-state index contributed by atoms with van der Waals surface area (Å²) in [5, 5.41) is 1.23. The molecule has 1 fully saturated rings. The summed E-state index contributed by atoms with van der Waals surface area (Å²) in [6.45, 7) is 0.895. The highest BCUT2D eigenvalue weighted by molar-refractivity contribution is 6.36. The van der Waals surface area contributed by atoms with E-state index in [4.69, 9.17) is 27.9 Å². The van der Waals surface area contributed by atoms with Gasteiger partial charge in [0, 0.05) is 23.1 Å². The molecule has 0 bridgehead atoms. The van der Waals surface area contributed by atoms with Gasteiger partial charge in [-0.05, 0) is 36.5 Å². The number of likely N-dealkylation sites (tertiary alicyclic amines) is 1. The maximum absolute atomic E-state index is 12.7. The number of piperidine rings is 1. The number of aromatic amines is 2. The van der Waals surface area contributed by atoms with Gasteiger partial charge >= 0.3 is 5.69 Å². The molecule has 9 heteroatoms. The molecule has 1 aromatic carbocycles. The van der Waals surface area contributed by atoms with E-state index in [-0.39, 0.29) is 17.4 Å². The minimum absolute atomic E-state index is 0.139. The van der Waals surface area contributed by atoms with Gasteiger partial charge < -0.3 is 9.64 Å². The first-order valence-corrected chi connectivity index (χ1v) is 8.81. The second-order valence-electron chi connectivity index (χ2n) is 6.02. The van der Waals surface area contributed by atoms with Crippen molar-refractivity contribution in [2.45, 2.75) is 18.8 Å². The Morgan fingerprint density at radius 2 is 1.77 bits per heavy atom. The van der Waals surface area contributed by atoms with Crippen molar-refractivity contribution in [3.63, 3.8) is 0 Å². The van der Waals surface area contributed by atoms with Crippen molar-refractivity contribution >= 4 is 29.1 Å². The summed E-state index contributed by atoms with van der Waals surface area (Å²) in [6, 6.07) is 5.39. The smallest absolute Gasteiger partial charge is 0.326 e. The number of carbonyl (C=O) groups excluding carboxylic acids is 1. The molecule has 1 amide bonds. The molecule has 2 aromatic rings. The number of hydrogen-bond acceptors (Lipinski definition) is 4. The van der Waals surface area contributed by atoms with Crippen molar-refractivity contribution in [1.82, 2.24) is 14.9 Å².